The van der Waals surface area contributed by atoms with E-state index in [0.717, 1.165) is 4.47 Å². The van der Waals surface area contributed by atoms with Gasteiger partial charge in [-0.25, -0.2) is 0 Å². The van der Waals surface area contributed by atoms with Gasteiger partial charge in [0.1, 0.15) is 27.5 Å². The number of halogens is 2. The van der Waals surface area contributed by atoms with Gasteiger partial charge >= 0.3 is 0 Å². The van der Waals surface area contributed by atoms with Gasteiger partial charge in [-0.1, -0.05) is 22.0 Å². The van der Waals surface area contributed by atoms with Crippen molar-refractivity contribution in [1.29, 1.82) is 0 Å². The summed E-state index contributed by atoms with van der Waals surface area (Å²) in [5.74, 6) is -0.0634. The zero-order valence-electron chi connectivity index (χ0n) is 9.53. The lowest BCUT2D eigenvalue weighted by molar-refractivity contribution is 0.477. The monoisotopic (exact) mass is 382 g/mol. The molecule has 0 aromatic heterocycles. The molecular formula is C12H8Br2N4O. The van der Waals surface area contributed by atoms with Gasteiger partial charge in [0.25, 0.3) is 0 Å². The van der Waals surface area contributed by atoms with Gasteiger partial charge in [0.05, 0.1) is 5.69 Å². The van der Waals surface area contributed by atoms with Crippen LogP contribution in [0.5, 0.6) is 5.75 Å². The zero-order chi connectivity index (χ0) is 13.7. The summed E-state index contributed by atoms with van der Waals surface area (Å²) < 4.78 is 4.40. The molecule has 0 atom stereocenters. The van der Waals surface area contributed by atoms with Crippen molar-refractivity contribution in [2.45, 2.75) is 0 Å². The Morgan fingerprint density at radius 1 is 0.842 bits per heavy atom. The van der Waals surface area contributed by atoms with Gasteiger partial charge in [0.15, 0.2) is 5.75 Å². The van der Waals surface area contributed by atoms with Crippen molar-refractivity contribution in [2.24, 2.45) is 19.5 Å². The molecule has 2 aromatic rings. The van der Waals surface area contributed by atoms with E-state index in [1.165, 1.54) is 0 Å². The first-order valence-corrected chi connectivity index (χ1v) is 6.72. The van der Waals surface area contributed by atoms with Crippen LogP contribution >= 0.6 is 32.1 Å². The molecule has 0 aliphatic carbocycles. The highest BCUT2D eigenvalue weighted by Crippen LogP contribution is 2.37. The van der Waals surface area contributed by atoms with Crippen molar-refractivity contribution in [3.63, 3.8) is 0 Å². The number of rotatable bonds is 3. The van der Waals surface area contributed by atoms with E-state index in [1.807, 2.05) is 24.3 Å². The van der Waals surface area contributed by atoms with Crippen LogP contribution in [0.25, 0.3) is 0 Å². The number of para-hydroxylation sites is 1. The van der Waals surface area contributed by atoms with E-state index < -0.39 is 0 Å². The number of azo groups is 1. The van der Waals surface area contributed by atoms with E-state index in [0.29, 0.717) is 17.1 Å². The minimum absolute atomic E-state index is 0.0634. The third kappa shape index (κ3) is 3.68. The number of nitrogens with zero attached hydrogens (tertiary/aromatic N) is 4. The number of phenols is 1. The van der Waals surface area contributed by atoms with Gasteiger partial charge in [-0.15, -0.1) is 14.4 Å². The molecule has 0 fully saturated rings. The molecule has 96 valence electrons. The Kier molecular flexibility index (Phi) is 4.75. The highest BCUT2D eigenvalue weighted by molar-refractivity contribution is 9.10. The van der Waals surface area contributed by atoms with Crippen LogP contribution in [0, 0.1) is 0 Å². The minimum atomic E-state index is -0.0634. The summed E-state index contributed by atoms with van der Waals surface area (Å²) in [5.41, 5.74) is 1.35. The second-order valence-electron chi connectivity index (χ2n) is 3.50. The smallest absolute Gasteiger partial charge is 0.171 e. The largest absolute Gasteiger partial charge is 0.504 e. The van der Waals surface area contributed by atoms with Crippen molar-refractivity contribution in [3.8, 4) is 5.75 Å². The van der Waals surface area contributed by atoms with Crippen LogP contribution in [0.1, 0.15) is 0 Å². The topological polar surface area (TPSA) is 69.7 Å². The van der Waals surface area contributed by atoms with Crippen LogP contribution in [-0.2, 0) is 0 Å². The predicted octanol–water partition coefficient (Wildman–Crippen LogP) is 5.96. The Morgan fingerprint density at radius 3 is 2.11 bits per heavy atom. The van der Waals surface area contributed by atoms with Crippen molar-refractivity contribution < 1.29 is 5.11 Å². The van der Waals surface area contributed by atoms with Gasteiger partial charge in [-0.2, -0.15) is 5.11 Å². The average Bonchev–Trinajstić information content (AvgIpc) is 2.42. The molecule has 0 aliphatic rings. The lowest BCUT2D eigenvalue weighted by atomic mass is 10.2. The van der Waals surface area contributed by atoms with Gasteiger partial charge in [-0.05, 0) is 36.4 Å². The molecular weight excluding hydrogens is 376 g/mol. The molecule has 0 unspecified atom stereocenters. The molecule has 0 radical (unpaired) electrons. The molecule has 0 saturated carbocycles. The Morgan fingerprint density at radius 2 is 1.47 bits per heavy atom. The summed E-state index contributed by atoms with van der Waals surface area (Å²) in [6.45, 7) is 0. The third-order valence-electron chi connectivity index (χ3n) is 2.24. The van der Waals surface area contributed by atoms with Crippen LogP contribution in [0.2, 0.25) is 0 Å². The summed E-state index contributed by atoms with van der Waals surface area (Å²) in [6, 6.07) is 12.3. The van der Waals surface area contributed by atoms with Crippen LogP contribution in [0.4, 0.5) is 17.1 Å². The van der Waals surface area contributed by atoms with E-state index in [2.05, 4.69) is 51.6 Å². The normalized spacial score (nSPS) is 11.5. The average molecular weight is 384 g/mol. The highest BCUT2D eigenvalue weighted by atomic mass is 79.9. The van der Waals surface area contributed by atoms with Gasteiger partial charge < -0.3 is 5.11 Å². The van der Waals surface area contributed by atoms with Crippen molar-refractivity contribution in [3.05, 3.63) is 46.9 Å². The summed E-state index contributed by atoms with van der Waals surface area (Å²) in [5, 5.41) is 21.7. The third-order valence-corrected chi connectivity index (χ3v) is 2.93. The fourth-order valence-corrected chi connectivity index (χ4v) is 1.78. The summed E-state index contributed by atoms with van der Waals surface area (Å²) in [4.78, 5) is 0. The van der Waals surface area contributed by atoms with Crippen molar-refractivity contribution in [1.82, 2.24) is 0 Å². The number of benzene rings is 2. The molecule has 1 N–H and O–H groups in total. The first kappa shape index (κ1) is 13.8. The van der Waals surface area contributed by atoms with E-state index in [1.54, 1.807) is 18.2 Å². The minimum Gasteiger partial charge on any atom is -0.504 e. The molecule has 0 spiro atoms. The first-order chi connectivity index (χ1) is 9.20. The van der Waals surface area contributed by atoms with E-state index >= 15 is 0 Å². The SMILES string of the molecule is Oc1c(N=NBr)cccc1N=Nc1ccc(Br)cc1. The number of phenolic OH excluding ortho intramolecular Hbond substituents is 1. The molecule has 0 saturated heterocycles. The molecule has 2 rings (SSSR count). The second kappa shape index (κ2) is 6.53. The van der Waals surface area contributed by atoms with Crippen LogP contribution in [0.15, 0.2) is 66.4 Å². The summed E-state index contributed by atoms with van der Waals surface area (Å²) >= 11 is 6.16. The molecule has 0 bridgehead atoms. The molecule has 7 heteroatoms. The lowest BCUT2D eigenvalue weighted by Crippen LogP contribution is -1.70. The number of hydrogen-bond donors (Lipinski definition) is 1. The lowest BCUT2D eigenvalue weighted by Gasteiger charge is -2.00. The maximum atomic E-state index is 9.91. The van der Waals surface area contributed by atoms with E-state index in [-0.39, 0.29) is 5.75 Å². The molecule has 5 nitrogen and oxygen atoms in total. The molecule has 0 heterocycles. The molecule has 19 heavy (non-hydrogen) atoms. The van der Waals surface area contributed by atoms with Gasteiger partial charge in [-0.3, -0.25) is 0 Å². The van der Waals surface area contributed by atoms with Crippen LogP contribution < -0.4 is 0 Å². The molecule has 0 amide bonds. The van der Waals surface area contributed by atoms with Gasteiger partial charge in [0.2, 0.25) is 0 Å². The highest BCUT2D eigenvalue weighted by Gasteiger charge is 2.05. The molecule has 0 aliphatic heterocycles. The predicted molar refractivity (Wildman–Crippen MR) is 79.9 cm³/mol. The summed E-state index contributed by atoms with van der Waals surface area (Å²) in [7, 11) is 0. The quantitative estimate of drug-likeness (QED) is 0.652. The van der Waals surface area contributed by atoms with Crippen molar-refractivity contribution >= 4 is 49.1 Å². The van der Waals surface area contributed by atoms with Gasteiger partial charge in [0, 0.05) is 4.47 Å². The van der Waals surface area contributed by atoms with Crippen LogP contribution in [-0.4, -0.2) is 5.11 Å². The van der Waals surface area contributed by atoms with Crippen LogP contribution in [0.3, 0.4) is 0 Å². The standard InChI is InChI=1S/C12H8Br2N4O/c13-8-4-6-9(7-5-8)15-16-10-2-1-3-11(12(10)19)17-18-14/h1-7,19H. The number of aromatic hydroxyl groups is 1. The Balaban J connectivity index is 2.28. The fraction of sp³-hybridized carbons (Fsp3) is 0. The zero-order valence-corrected chi connectivity index (χ0v) is 12.7. The Hall–Kier alpha value is -1.60. The van der Waals surface area contributed by atoms with E-state index in [9.17, 15) is 5.11 Å². The summed E-state index contributed by atoms with van der Waals surface area (Å²) in [6.07, 6.45) is 0. The maximum absolute atomic E-state index is 9.91. The first-order valence-electron chi connectivity index (χ1n) is 5.22. The second-order valence-corrected chi connectivity index (χ2v) is 4.73. The Labute approximate surface area is 126 Å². The fourth-order valence-electron chi connectivity index (χ4n) is 1.34. The number of hydrogen-bond acceptors (Lipinski definition) is 5. The van der Waals surface area contributed by atoms with Crippen molar-refractivity contribution in [2.75, 3.05) is 0 Å². The Bertz CT molecular complexity index is 626. The molecule has 2 aromatic carbocycles. The maximum Gasteiger partial charge on any atom is 0.171 e. The van der Waals surface area contributed by atoms with E-state index in [4.69, 9.17) is 0 Å².